The molecule has 1 aromatic heterocycles. The fourth-order valence-electron chi connectivity index (χ4n) is 3.31. The Morgan fingerprint density at radius 1 is 1.00 bits per heavy atom. The average Bonchev–Trinajstić information content (AvgIpc) is 2.85. The Labute approximate surface area is 215 Å². The number of benzene rings is 3. The summed E-state index contributed by atoms with van der Waals surface area (Å²) in [6.07, 6.45) is 1.26. The lowest BCUT2D eigenvalue weighted by atomic mass is 10.1. The Morgan fingerprint density at radius 2 is 1.76 bits per heavy atom. The van der Waals surface area contributed by atoms with Crippen LogP contribution in [0.4, 0.5) is 26.0 Å². The first-order chi connectivity index (χ1) is 17.5. The first-order valence-corrected chi connectivity index (χ1v) is 12.4. The summed E-state index contributed by atoms with van der Waals surface area (Å²) in [6.45, 7) is 1.59. The molecule has 8 nitrogen and oxygen atoms in total. The second-order valence-electron chi connectivity index (χ2n) is 7.72. The number of carboxylic acids is 1. The molecule has 0 aliphatic carbocycles. The number of pyridine rings is 1. The second-order valence-corrected chi connectivity index (χ2v) is 9.77. The predicted molar refractivity (Wildman–Crippen MR) is 134 cm³/mol. The van der Waals surface area contributed by atoms with Gasteiger partial charge in [0.2, 0.25) is 0 Å². The molecule has 0 fully saturated rings. The highest BCUT2D eigenvalue weighted by Gasteiger charge is 2.19. The number of rotatable bonds is 8. The zero-order valence-corrected chi connectivity index (χ0v) is 20.6. The number of nitrogens with zero attached hydrogens (tertiary/aromatic N) is 1. The highest BCUT2D eigenvalue weighted by Crippen LogP contribution is 2.30. The van der Waals surface area contributed by atoms with E-state index >= 15 is 0 Å². The highest BCUT2D eigenvalue weighted by molar-refractivity contribution is 7.92. The number of hydrogen-bond acceptors (Lipinski definition) is 6. The minimum atomic E-state index is -3.94. The molecule has 0 radical (unpaired) electrons. The molecule has 1 heterocycles. The van der Waals surface area contributed by atoms with E-state index in [0.29, 0.717) is 10.6 Å². The number of aromatic nitrogens is 1. The summed E-state index contributed by atoms with van der Waals surface area (Å²) in [5, 5.41) is 12.6. The molecule has 3 aromatic carbocycles. The number of aromatic carboxylic acids is 1. The molecule has 0 amide bonds. The van der Waals surface area contributed by atoms with E-state index in [-0.39, 0.29) is 39.2 Å². The maximum absolute atomic E-state index is 13.5. The Balaban J connectivity index is 1.50. The van der Waals surface area contributed by atoms with E-state index < -0.39 is 27.6 Å². The van der Waals surface area contributed by atoms with E-state index in [1.807, 2.05) is 0 Å². The van der Waals surface area contributed by atoms with E-state index in [1.165, 1.54) is 54.7 Å². The quantitative estimate of drug-likeness (QED) is 0.236. The molecule has 12 heteroatoms. The van der Waals surface area contributed by atoms with Gasteiger partial charge in [-0.25, -0.2) is 27.0 Å². The van der Waals surface area contributed by atoms with Gasteiger partial charge in [-0.05, 0) is 67.1 Å². The SMILES string of the molecule is Cc1c(Cl)cccc1S(=O)(=O)Nc1ccc(Oc2ccc(Nc3ccc(F)c(F)c3)c(C(=O)O)c2)cn1. The van der Waals surface area contributed by atoms with Gasteiger partial charge in [0.15, 0.2) is 11.6 Å². The number of halogens is 3. The van der Waals surface area contributed by atoms with Crippen molar-refractivity contribution in [3.63, 3.8) is 0 Å². The van der Waals surface area contributed by atoms with Crippen molar-refractivity contribution in [3.05, 3.63) is 101 Å². The fourth-order valence-corrected chi connectivity index (χ4v) is 4.82. The van der Waals surface area contributed by atoms with Crippen LogP contribution in [0.5, 0.6) is 11.5 Å². The molecule has 0 spiro atoms. The van der Waals surface area contributed by atoms with Gasteiger partial charge in [-0.1, -0.05) is 17.7 Å². The van der Waals surface area contributed by atoms with E-state index in [9.17, 15) is 27.1 Å². The minimum absolute atomic E-state index is 0.0143. The van der Waals surface area contributed by atoms with Crippen LogP contribution in [0.3, 0.4) is 0 Å². The summed E-state index contributed by atoms with van der Waals surface area (Å²) < 4.78 is 60.1. The van der Waals surface area contributed by atoms with Gasteiger partial charge in [0.05, 0.1) is 22.3 Å². The van der Waals surface area contributed by atoms with Gasteiger partial charge >= 0.3 is 5.97 Å². The van der Waals surface area contributed by atoms with Crippen LogP contribution in [0.1, 0.15) is 15.9 Å². The van der Waals surface area contributed by atoms with E-state index in [4.69, 9.17) is 16.3 Å². The van der Waals surface area contributed by atoms with E-state index in [0.717, 1.165) is 12.1 Å². The number of anilines is 3. The summed E-state index contributed by atoms with van der Waals surface area (Å²) in [4.78, 5) is 15.8. The summed E-state index contributed by atoms with van der Waals surface area (Å²) in [6, 6.07) is 14.6. The standard InChI is InChI=1S/C25H18ClF2N3O5S/c1-14-19(26)3-2-4-23(14)37(34,35)31-24-10-7-17(13-29-24)36-16-6-9-22(18(12-16)25(32)33)30-15-5-8-20(27)21(28)11-15/h2-13,30H,1H3,(H,29,31)(H,32,33). The molecule has 0 saturated carbocycles. The Kier molecular flexibility index (Phi) is 7.28. The minimum Gasteiger partial charge on any atom is -0.478 e. The van der Waals surface area contributed by atoms with Crippen LogP contribution in [0, 0.1) is 18.6 Å². The van der Waals surface area contributed by atoms with Crippen LogP contribution in [0.15, 0.2) is 77.8 Å². The van der Waals surface area contributed by atoms with Gasteiger partial charge in [-0.3, -0.25) is 4.72 Å². The number of carbonyl (C=O) groups is 1. The summed E-state index contributed by atoms with van der Waals surface area (Å²) in [7, 11) is -3.94. The van der Waals surface area contributed by atoms with Gasteiger partial charge < -0.3 is 15.2 Å². The molecular weight excluding hydrogens is 528 g/mol. The van der Waals surface area contributed by atoms with E-state index in [1.54, 1.807) is 13.0 Å². The van der Waals surface area contributed by atoms with Crippen molar-refractivity contribution in [3.8, 4) is 11.5 Å². The molecule has 190 valence electrons. The van der Waals surface area contributed by atoms with Crippen molar-refractivity contribution in [1.29, 1.82) is 0 Å². The molecule has 0 aliphatic heterocycles. The molecule has 4 rings (SSSR count). The smallest absolute Gasteiger partial charge is 0.337 e. The second kappa shape index (κ2) is 10.4. The molecule has 0 atom stereocenters. The lowest BCUT2D eigenvalue weighted by Gasteiger charge is -2.13. The third kappa shape index (κ3) is 5.96. The maximum Gasteiger partial charge on any atom is 0.337 e. The molecular formula is C25H18ClF2N3O5S. The van der Waals surface area contributed by atoms with Crippen LogP contribution in [-0.4, -0.2) is 24.5 Å². The van der Waals surface area contributed by atoms with Crippen LogP contribution in [-0.2, 0) is 10.0 Å². The molecule has 3 N–H and O–H groups in total. The number of nitrogens with one attached hydrogen (secondary N) is 2. The maximum atomic E-state index is 13.5. The normalized spacial score (nSPS) is 11.1. The molecule has 37 heavy (non-hydrogen) atoms. The number of ether oxygens (including phenoxy) is 1. The summed E-state index contributed by atoms with van der Waals surface area (Å²) in [5.41, 5.74) is 0.500. The molecule has 4 aromatic rings. The predicted octanol–water partition coefficient (Wildman–Crippen LogP) is 6.36. The van der Waals surface area contributed by atoms with Crippen molar-refractivity contribution in [1.82, 2.24) is 4.98 Å². The Morgan fingerprint density at radius 3 is 2.43 bits per heavy atom. The largest absolute Gasteiger partial charge is 0.478 e. The van der Waals surface area contributed by atoms with Gasteiger partial charge in [0, 0.05) is 16.8 Å². The number of carboxylic acid groups (broad SMARTS) is 1. The van der Waals surface area contributed by atoms with Crippen molar-refractivity contribution in [2.75, 3.05) is 10.0 Å². The van der Waals surface area contributed by atoms with Gasteiger partial charge in [-0.2, -0.15) is 0 Å². The lowest BCUT2D eigenvalue weighted by molar-refractivity contribution is 0.0697. The van der Waals surface area contributed by atoms with Crippen molar-refractivity contribution in [2.24, 2.45) is 0 Å². The molecule has 0 unspecified atom stereocenters. The van der Waals surface area contributed by atoms with Gasteiger partial charge in [0.25, 0.3) is 10.0 Å². The van der Waals surface area contributed by atoms with Crippen molar-refractivity contribution < 1.29 is 31.8 Å². The first kappa shape index (κ1) is 25.9. The number of sulfonamides is 1. The Hall–Kier alpha value is -4.22. The van der Waals surface area contributed by atoms with Crippen LogP contribution >= 0.6 is 11.6 Å². The monoisotopic (exact) mass is 545 g/mol. The topological polar surface area (TPSA) is 118 Å². The average molecular weight is 546 g/mol. The van der Waals surface area contributed by atoms with Crippen molar-refractivity contribution >= 4 is 44.8 Å². The third-order valence-electron chi connectivity index (χ3n) is 5.14. The van der Waals surface area contributed by atoms with Crippen LogP contribution < -0.4 is 14.8 Å². The summed E-state index contributed by atoms with van der Waals surface area (Å²) in [5.74, 6) is -3.00. The van der Waals surface area contributed by atoms with Gasteiger partial charge in [0.1, 0.15) is 17.3 Å². The zero-order chi connectivity index (χ0) is 26.7. The third-order valence-corrected chi connectivity index (χ3v) is 7.05. The zero-order valence-electron chi connectivity index (χ0n) is 19.0. The number of hydrogen-bond donors (Lipinski definition) is 3. The van der Waals surface area contributed by atoms with Crippen LogP contribution in [0.25, 0.3) is 0 Å². The molecule has 0 saturated heterocycles. The highest BCUT2D eigenvalue weighted by atomic mass is 35.5. The van der Waals surface area contributed by atoms with Crippen LogP contribution in [0.2, 0.25) is 5.02 Å². The molecule has 0 aliphatic rings. The fraction of sp³-hybridized carbons (Fsp3) is 0.0400. The van der Waals surface area contributed by atoms with Gasteiger partial charge in [-0.15, -0.1) is 0 Å². The first-order valence-electron chi connectivity index (χ1n) is 10.5. The van der Waals surface area contributed by atoms with Crippen molar-refractivity contribution in [2.45, 2.75) is 11.8 Å². The summed E-state index contributed by atoms with van der Waals surface area (Å²) >= 11 is 6.02. The Bertz CT molecular complexity index is 1600. The van der Waals surface area contributed by atoms with E-state index in [2.05, 4.69) is 15.0 Å². The lowest BCUT2D eigenvalue weighted by Crippen LogP contribution is -2.15. The molecule has 0 bridgehead atoms.